The summed E-state index contributed by atoms with van der Waals surface area (Å²) in [5.74, 6) is -2.06. The highest BCUT2D eigenvalue weighted by Gasteiger charge is 2.29. The average Bonchev–Trinajstić information content (AvgIpc) is 3.35. The van der Waals surface area contributed by atoms with Gasteiger partial charge in [-0.15, -0.1) is 0 Å². The lowest BCUT2D eigenvalue weighted by Gasteiger charge is -2.25. The number of carbonyl (C=O) groups is 7. The summed E-state index contributed by atoms with van der Waals surface area (Å²) in [6.07, 6.45) is 4.32. The molecule has 6 N–H and O–H groups in total. The summed E-state index contributed by atoms with van der Waals surface area (Å²) < 4.78 is 5.35. The number of primary amides is 1. The van der Waals surface area contributed by atoms with Crippen molar-refractivity contribution in [3.63, 3.8) is 0 Å². The first-order chi connectivity index (χ1) is 23.2. The van der Waals surface area contributed by atoms with Crippen molar-refractivity contribution < 1.29 is 38.3 Å². The molecule has 0 saturated heterocycles. The van der Waals surface area contributed by atoms with Crippen LogP contribution in [0.25, 0.3) is 0 Å². The van der Waals surface area contributed by atoms with Gasteiger partial charge in [-0.3, -0.25) is 28.9 Å². The Hall–Kier alpha value is -4.95. The second-order valence-corrected chi connectivity index (χ2v) is 12.8. The van der Waals surface area contributed by atoms with Gasteiger partial charge in [0.25, 0.3) is 11.8 Å². The van der Waals surface area contributed by atoms with E-state index < -0.39 is 36.0 Å². The Morgan fingerprint density at radius 3 is 2.12 bits per heavy atom. The van der Waals surface area contributed by atoms with Crippen molar-refractivity contribution in [2.75, 3.05) is 32.0 Å². The van der Waals surface area contributed by atoms with Gasteiger partial charge >= 0.3 is 12.1 Å². The molecule has 0 aliphatic carbocycles. The van der Waals surface area contributed by atoms with Gasteiger partial charge < -0.3 is 36.6 Å². The fourth-order valence-electron chi connectivity index (χ4n) is 5.00. The first kappa shape index (κ1) is 40.2. The minimum atomic E-state index is -0.997. The van der Waals surface area contributed by atoms with Crippen LogP contribution < -0.4 is 27.0 Å². The van der Waals surface area contributed by atoms with Gasteiger partial charge in [-0.25, -0.2) is 9.59 Å². The maximum Gasteiger partial charge on any atom is 0.409 e. The average molecular weight is 686 g/mol. The van der Waals surface area contributed by atoms with Gasteiger partial charge in [0.1, 0.15) is 18.7 Å². The lowest BCUT2D eigenvalue weighted by atomic mass is 10.0. The monoisotopic (exact) mass is 685 g/mol. The molecule has 8 amide bonds. The predicted octanol–water partition coefficient (Wildman–Crippen LogP) is 2.41. The van der Waals surface area contributed by atoms with Crippen LogP contribution in [-0.4, -0.2) is 90.2 Å². The summed E-state index contributed by atoms with van der Waals surface area (Å²) in [5.41, 5.74) is 6.32. The van der Waals surface area contributed by atoms with Crippen molar-refractivity contribution >= 4 is 47.3 Å². The first-order valence-electron chi connectivity index (χ1n) is 16.6. The molecule has 1 aliphatic rings. The van der Waals surface area contributed by atoms with Crippen molar-refractivity contribution in [2.45, 2.75) is 84.9 Å². The fourth-order valence-corrected chi connectivity index (χ4v) is 5.00. The largest absolute Gasteiger partial charge is 0.445 e. The van der Waals surface area contributed by atoms with E-state index in [0.717, 1.165) is 10.5 Å². The Labute approximate surface area is 287 Å². The summed E-state index contributed by atoms with van der Waals surface area (Å²) in [4.78, 5) is 88.7. The molecule has 15 nitrogen and oxygen atoms in total. The number of hydrogen-bond donors (Lipinski definition) is 5. The smallest absolute Gasteiger partial charge is 0.409 e. The molecule has 1 aromatic rings. The molecule has 270 valence electrons. The van der Waals surface area contributed by atoms with E-state index in [-0.39, 0.29) is 56.2 Å². The quantitative estimate of drug-likeness (QED) is 0.101. The van der Waals surface area contributed by atoms with E-state index in [1.807, 2.05) is 13.8 Å². The SMILES string of the molecule is CC(C)CN(C)C(=O)OCc1ccc(NC(=O)[C@H](CCCNC(N)=O)NC(=O)C(NC(=O)CCCCCN2C(=O)C=CC2=O)C(C)C)cc1. The molecular weight excluding hydrogens is 634 g/mol. The number of amides is 8. The van der Waals surface area contributed by atoms with Crippen LogP contribution in [0.15, 0.2) is 36.4 Å². The zero-order valence-electron chi connectivity index (χ0n) is 29.1. The van der Waals surface area contributed by atoms with E-state index in [0.29, 0.717) is 43.8 Å². The molecule has 2 atom stereocenters. The number of hydrogen-bond acceptors (Lipinski definition) is 8. The molecule has 0 aromatic heterocycles. The standard InChI is InChI=1S/C34H51N7O8/c1-22(2)20-40(5)34(48)49-21-24-12-14-25(15-13-24)37-31(45)26(10-9-18-36-33(35)47)38-32(46)30(23(3)4)39-27(42)11-7-6-8-19-41-28(43)16-17-29(41)44/h12-17,22-23,26,30H,6-11,18-21H2,1-5H3,(H,37,45)(H,38,46)(H,39,42)(H3,35,36,47)/t26-,30?/m0/s1. The molecule has 0 saturated carbocycles. The fraction of sp³-hybridized carbons (Fsp3) is 0.559. The number of ether oxygens (including phenoxy) is 1. The summed E-state index contributed by atoms with van der Waals surface area (Å²) in [6.45, 7) is 8.64. The molecule has 0 bridgehead atoms. The summed E-state index contributed by atoms with van der Waals surface area (Å²) in [6, 6.07) is 4.11. The van der Waals surface area contributed by atoms with E-state index in [4.69, 9.17) is 10.5 Å². The number of benzene rings is 1. The topological polar surface area (TPSA) is 209 Å². The van der Waals surface area contributed by atoms with E-state index in [9.17, 15) is 33.6 Å². The van der Waals surface area contributed by atoms with Crippen LogP contribution in [0.4, 0.5) is 15.3 Å². The number of anilines is 1. The first-order valence-corrected chi connectivity index (χ1v) is 16.6. The maximum atomic E-state index is 13.4. The van der Waals surface area contributed by atoms with Gasteiger partial charge in [0.2, 0.25) is 17.7 Å². The molecule has 15 heteroatoms. The van der Waals surface area contributed by atoms with Crippen molar-refractivity contribution in [3.05, 3.63) is 42.0 Å². The van der Waals surface area contributed by atoms with Crippen LogP contribution in [0.3, 0.4) is 0 Å². The van der Waals surface area contributed by atoms with Crippen LogP contribution in [0.5, 0.6) is 0 Å². The van der Waals surface area contributed by atoms with E-state index in [2.05, 4.69) is 21.3 Å². The minimum Gasteiger partial charge on any atom is -0.445 e. The number of urea groups is 1. The Balaban J connectivity index is 1.95. The number of carbonyl (C=O) groups excluding carboxylic acids is 7. The third kappa shape index (κ3) is 14.8. The third-order valence-corrected chi connectivity index (χ3v) is 7.59. The third-order valence-electron chi connectivity index (χ3n) is 7.59. The Bertz CT molecular complexity index is 1330. The zero-order valence-corrected chi connectivity index (χ0v) is 29.1. The van der Waals surface area contributed by atoms with E-state index in [1.165, 1.54) is 17.1 Å². The molecule has 2 rings (SSSR count). The van der Waals surface area contributed by atoms with Gasteiger partial charge in [-0.1, -0.05) is 46.2 Å². The summed E-state index contributed by atoms with van der Waals surface area (Å²) in [5, 5.41) is 10.8. The second-order valence-electron chi connectivity index (χ2n) is 12.8. The van der Waals surface area contributed by atoms with Crippen LogP contribution >= 0.6 is 0 Å². The highest BCUT2D eigenvalue weighted by molar-refractivity contribution is 6.12. The highest BCUT2D eigenvalue weighted by Crippen LogP contribution is 2.14. The molecular formula is C34H51N7O8. The Morgan fingerprint density at radius 2 is 1.53 bits per heavy atom. The van der Waals surface area contributed by atoms with Crippen molar-refractivity contribution in [1.82, 2.24) is 25.8 Å². The predicted molar refractivity (Wildman–Crippen MR) is 183 cm³/mol. The zero-order chi connectivity index (χ0) is 36.5. The lowest BCUT2D eigenvalue weighted by Crippen LogP contribution is -2.54. The number of imide groups is 1. The van der Waals surface area contributed by atoms with Crippen molar-refractivity contribution in [2.24, 2.45) is 17.6 Å². The van der Waals surface area contributed by atoms with Crippen LogP contribution in [0.1, 0.15) is 71.8 Å². The van der Waals surface area contributed by atoms with Crippen molar-refractivity contribution in [1.29, 1.82) is 0 Å². The Kier molecular flexibility index (Phi) is 16.8. The highest BCUT2D eigenvalue weighted by atomic mass is 16.6. The molecule has 1 aliphatic heterocycles. The maximum absolute atomic E-state index is 13.4. The summed E-state index contributed by atoms with van der Waals surface area (Å²) in [7, 11) is 1.67. The van der Waals surface area contributed by atoms with Crippen LogP contribution in [0, 0.1) is 11.8 Å². The number of nitrogens with zero attached hydrogens (tertiary/aromatic N) is 2. The normalized spacial score (nSPS) is 13.7. The van der Waals surface area contributed by atoms with Gasteiger partial charge in [0.15, 0.2) is 0 Å². The van der Waals surface area contributed by atoms with Gasteiger partial charge in [-0.2, -0.15) is 0 Å². The number of rotatable bonds is 20. The molecule has 0 fully saturated rings. The van der Waals surface area contributed by atoms with Gasteiger partial charge in [0, 0.05) is 50.9 Å². The van der Waals surface area contributed by atoms with Crippen LogP contribution in [-0.2, 0) is 35.3 Å². The second kappa shape index (κ2) is 20.4. The van der Waals surface area contributed by atoms with Crippen molar-refractivity contribution in [3.8, 4) is 0 Å². The number of nitrogens with two attached hydrogens (primary N) is 1. The Morgan fingerprint density at radius 1 is 0.878 bits per heavy atom. The van der Waals surface area contributed by atoms with Gasteiger partial charge in [-0.05, 0) is 55.2 Å². The van der Waals surface area contributed by atoms with E-state index in [1.54, 1.807) is 45.2 Å². The number of nitrogens with one attached hydrogen (secondary N) is 4. The molecule has 0 radical (unpaired) electrons. The van der Waals surface area contributed by atoms with Crippen LogP contribution in [0.2, 0.25) is 0 Å². The molecule has 1 heterocycles. The molecule has 49 heavy (non-hydrogen) atoms. The summed E-state index contributed by atoms with van der Waals surface area (Å²) >= 11 is 0. The van der Waals surface area contributed by atoms with Gasteiger partial charge in [0.05, 0.1) is 0 Å². The number of unbranched alkanes of at least 4 members (excludes halogenated alkanes) is 2. The minimum absolute atomic E-state index is 0.0572. The molecule has 1 unspecified atom stereocenters. The molecule has 0 spiro atoms. The van der Waals surface area contributed by atoms with E-state index >= 15 is 0 Å². The lowest BCUT2D eigenvalue weighted by molar-refractivity contribution is -0.137. The molecule has 1 aromatic carbocycles.